The summed E-state index contributed by atoms with van der Waals surface area (Å²) >= 11 is 0. The first-order chi connectivity index (χ1) is 27.6. The fraction of sp³-hybridized carbons (Fsp3) is 0.137. The molecule has 0 radical (unpaired) electrons. The number of aryl methyl sites for hydroxylation is 1. The van der Waals surface area contributed by atoms with E-state index in [4.69, 9.17) is 9.98 Å². The van der Waals surface area contributed by atoms with Crippen LogP contribution in [-0.4, -0.2) is 16.9 Å². The lowest BCUT2D eigenvalue weighted by molar-refractivity contribution is 0.411. The van der Waals surface area contributed by atoms with E-state index in [0.717, 1.165) is 57.5 Å². The summed E-state index contributed by atoms with van der Waals surface area (Å²) in [6.07, 6.45) is 3.70. The van der Waals surface area contributed by atoms with Gasteiger partial charge in [-0.3, -0.25) is 10.3 Å². The zero-order valence-corrected chi connectivity index (χ0v) is 31.6. The predicted molar refractivity (Wildman–Crippen MR) is 234 cm³/mol. The quantitative estimate of drug-likeness (QED) is 0.153. The number of rotatable bonds is 7. The Morgan fingerprint density at radius 2 is 1.25 bits per heavy atom. The van der Waals surface area contributed by atoms with E-state index in [1.54, 1.807) is 0 Å². The molecular weight excluding hydrogens is 683 g/mol. The second-order valence-electron chi connectivity index (χ2n) is 14.9. The van der Waals surface area contributed by atoms with E-state index >= 15 is 0 Å². The number of pyridine rings is 1. The normalized spacial score (nSPS) is 17.9. The van der Waals surface area contributed by atoms with Crippen molar-refractivity contribution in [2.45, 2.75) is 45.1 Å². The molecule has 2 aliphatic heterocycles. The highest BCUT2D eigenvalue weighted by atomic mass is 15.3. The third-order valence-corrected chi connectivity index (χ3v) is 11.4. The fourth-order valence-corrected chi connectivity index (χ4v) is 8.57. The van der Waals surface area contributed by atoms with Gasteiger partial charge in [0.25, 0.3) is 0 Å². The van der Waals surface area contributed by atoms with Gasteiger partial charge in [-0.25, -0.2) is 4.99 Å². The van der Waals surface area contributed by atoms with Crippen molar-refractivity contribution in [2.24, 2.45) is 4.99 Å². The van der Waals surface area contributed by atoms with Crippen molar-refractivity contribution in [1.82, 2.24) is 15.6 Å². The van der Waals surface area contributed by atoms with Crippen molar-refractivity contribution in [3.63, 3.8) is 0 Å². The molecule has 0 spiro atoms. The number of aromatic nitrogens is 1. The first-order valence-corrected chi connectivity index (χ1v) is 19.8. The lowest BCUT2D eigenvalue weighted by Crippen LogP contribution is -2.45. The Labute approximate surface area is 327 Å². The summed E-state index contributed by atoms with van der Waals surface area (Å²) in [5.41, 5.74) is 12.6. The van der Waals surface area contributed by atoms with Crippen LogP contribution in [0.15, 0.2) is 169 Å². The topological polar surface area (TPSA) is 61.3 Å². The van der Waals surface area contributed by atoms with Crippen molar-refractivity contribution in [1.29, 1.82) is 0 Å². The van der Waals surface area contributed by atoms with E-state index < -0.39 is 0 Å². The molecule has 7 aromatic carbocycles. The number of fused-ring (bicyclic) bond motifs is 4. The van der Waals surface area contributed by atoms with E-state index in [1.807, 2.05) is 0 Å². The number of hydrogen-bond donors (Lipinski definition) is 3. The lowest BCUT2D eigenvalue weighted by Gasteiger charge is -2.34. The maximum atomic E-state index is 5.47. The minimum atomic E-state index is -0.301. The fourth-order valence-electron chi connectivity index (χ4n) is 8.57. The van der Waals surface area contributed by atoms with E-state index in [9.17, 15) is 0 Å². The molecule has 3 N–H and O–H groups in total. The molecule has 0 bridgehead atoms. The molecule has 0 fully saturated rings. The smallest absolute Gasteiger partial charge is 0.132 e. The molecule has 0 saturated carbocycles. The molecule has 10 rings (SSSR count). The van der Waals surface area contributed by atoms with Crippen molar-refractivity contribution >= 4 is 49.5 Å². The highest BCUT2D eigenvalue weighted by Gasteiger charge is 2.29. The zero-order valence-electron chi connectivity index (χ0n) is 31.6. The largest absolute Gasteiger partial charge is 0.378 e. The summed E-state index contributed by atoms with van der Waals surface area (Å²) < 4.78 is 0. The molecule has 5 heteroatoms. The standard InChI is InChI=1S/C51H43N5/c1-3-37-30-45(41-21-9-11-25-47(41)52-37)34-27-35(46-31-38(4-2)53-48-26-12-10-22-42(46)48)29-36(28-34)49-54-50(43-23-13-17-32-15-5-7-19-39(32)43)56-51(55-49)44-24-14-18-33-16-6-8-20-40(33)44/h5-31,37,49-50,52,54H,3-4H2,1-2H3,(H,55,56). The molecule has 5 nitrogen and oxygen atoms in total. The Balaban J connectivity index is 1.20. The minimum Gasteiger partial charge on any atom is -0.378 e. The Bertz CT molecular complexity index is 2840. The number of nitrogens with zero attached hydrogens (tertiary/aromatic N) is 2. The molecule has 8 aromatic rings. The summed E-state index contributed by atoms with van der Waals surface area (Å²) in [5.74, 6) is 0.871. The van der Waals surface area contributed by atoms with Gasteiger partial charge in [-0.05, 0) is 104 Å². The maximum Gasteiger partial charge on any atom is 0.132 e. The Morgan fingerprint density at radius 3 is 2.09 bits per heavy atom. The summed E-state index contributed by atoms with van der Waals surface area (Å²) in [4.78, 5) is 10.5. The molecule has 3 unspecified atom stereocenters. The van der Waals surface area contributed by atoms with Gasteiger partial charge >= 0.3 is 0 Å². The number of aliphatic imine (C=N–C) groups is 1. The third kappa shape index (κ3) is 6.11. The van der Waals surface area contributed by atoms with E-state index in [2.05, 4.69) is 194 Å². The summed E-state index contributed by atoms with van der Waals surface area (Å²) in [6, 6.07) is 57.1. The van der Waals surface area contributed by atoms with Crippen molar-refractivity contribution in [3.8, 4) is 11.1 Å². The van der Waals surface area contributed by atoms with Gasteiger partial charge in [-0.15, -0.1) is 0 Å². The highest BCUT2D eigenvalue weighted by Crippen LogP contribution is 2.40. The number of amidine groups is 1. The first-order valence-electron chi connectivity index (χ1n) is 19.8. The van der Waals surface area contributed by atoms with E-state index in [-0.39, 0.29) is 18.4 Å². The van der Waals surface area contributed by atoms with Crippen LogP contribution >= 0.6 is 0 Å². The second kappa shape index (κ2) is 14.3. The van der Waals surface area contributed by atoms with Crippen LogP contribution < -0.4 is 16.0 Å². The average molecular weight is 726 g/mol. The Morgan fingerprint density at radius 1 is 0.571 bits per heavy atom. The molecule has 1 aromatic heterocycles. The van der Waals surface area contributed by atoms with Crippen molar-refractivity contribution < 1.29 is 0 Å². The monoisotopic (exact) mass is 725 g/mol. The Kier molecular flexibility index (Phi) is 8.65. The average Bonchev–Trinajstić information content (AvgIpc) is 3.27. The first kappa shape index (κ1) is 34.0. The zero-order chi connectivity index (χ0) is 37.6. The van der Waals surface area contributed by atoms with Gasteiger partial charge in [-0.1, -0.05) is 141 Å². The second-order valence-corrected chi connectivity index (χ2v) is 14.9. The van der Waals surface area contributed by atoms with Crippen molar-refractivity contribution in [2.75, 3.05) is 5.32 Å². The van der Waals surface area contributed by atoms with Crippen LogP contribution in [0.5, 0.6) is 0 Å². The summed E-state index contributed by atoms with van der Waals surface area (Å²) in [5, 5.41) is 17.6. The molecule has 0 saturated heterocycles. The molecule has 3 heterocycles. The summed E-state index contributed by atoms with van der Waals surface area (Å²) in [7, 11) is 0. The number of benzene rings is 7. The van der Waals surface area contributed by atoms with Gasteiger partial charge in [0.2, 0.25) is 0 Å². The minimum absolute atomic E-state index is 0.229. The molecular formula is C51H43N5. The maximum absolute atomic E-state index is 5.47. The Hall–Kier alpha value is -6.56. The number of anilines is 1. The van der Waals surface area contributed by atoms with Gasteiger partial charge in [0.05, 0.1) is 5.52 Å². The van der Waals surface area contributed by atoms with Crippen LogP contribution in [0.3, 0.4) is 0 Å². The van der Waals surface area contributed by atoms with E-state index in [0.29, 0.717) is 0 Å². The lowest BCUT2D eigenvalue weighted by atomic mass is 9.87. The van der Waals surface area contributed by atoms with Gasteiger partial charge in [0.1, 0.15) is 18.2 Å². The van der Waals surface area contributed by atoms with E-state index in [1.165, 1.54) is 49.5 Å². The SMILES string of the molecule is CCc1cc(-c2cc(C3=CC(CC)Nc4ccccc43)cc(C3NC(c4cccc5ccccc45)=NC(c4cccc5ccccc45)N3)c2)c2ccccc2n1. The molecule has 0 aliphatic carbocycles. The molecule has 0 amide bonds. The number of hydrogen-bond acceptors (Lipinski definition) is 5. The molecule has 56 heavy (non-hydrogen) atoms. The van der Waals surface area contributed by atoms with Crippen LogP contribution in [0.1, 0.15) is 66.1 Å². The highest BCUT2D eigenvalue weighted by molar-refractivity contribution is 6.10. The molecule has 2 aliphatic rings. The number of nitrogens with one attached hydrogen (secondary N) is 3. The van der Waals surface area contributed by atoms with Crippen LogP contribution in [0.25, 0.3) is 49.1 Å². The predicted octanol–water partition coefficient (Wildman–Crippen LogP) is 11.7. The molecule has 272 valence electrons. The van der Waals surface area contributed by atoms with Crippen LogP contribution in [-0.2, 0) is 6.42 Å². The van der Waals surface area contributed by atoms with Crippen molar-refractivity contribution in [3.05, 3.63) is 197 Å². The van der Waals surface area contributed by atoms with Crippen LogP contribution in [0, 0.1) is 0 Å². The van der Waals surface area contributed by atoms with Crippen LogP contribution in [0.4, 0.5) is 5.69 Å². The van der Waals surface area contributed by atoms with Gasteiger partial charge in [0.15, 0.2) is 0 Å². The van der Waals surface area contributed by atoms with Crippen LogP contribution in [0.2, 0.25) is 0 Å². The van der Waals surface area contributed by atoms with Gasteiger partial charge in [0, 0.05) is 33.9 Å². The number of para-hydroxylation sites is 2. The third-order valence-electron chi connectivity index (χ3n) is 11.4. The summed E-state index contributed by atoms with van der Waals surface area (Å²) in [6.45, 7) is 4.43. The molecule has 3 atom stereocenters. The van der Waals surface area contributed by atoms with Gasteiger partial charge in [-0.2, -0.15) is 0 Å². The van der Waals surface area contributed by atoms with Gasteiger partial charge < -0.3 is 10.6 Å².